The summed E-state index contributed by atoms with van der Waals surface area (Å²) in [4.78, 5) is 15.3. The van der Waals surface area contributed by atoms with Gasteiger partial charge in [0.15, 0.2) is 0 Å². The van der Waals surface area contributed by atoms with Gasteiger partial charge >= 0.3 is 0 Å². The van der Waals surface area contributed by atoms with Crippen molar-refractivity contribution >= 4 is 11.6 Å². The molecule has 0 bridgehead atoms. The summed E-state index contributed by atoms with van der Waals surface area (Å²) < 4.78 is 4.93. The van der Waals surface area contributed by atoms with Crippen LogP contribution < -0.4 is 10.1 Å². The zero-order chi connectivity index (χ0) is 10.6. The highest BCUT2D eigenvalue weighted by Crippen LogP contribution is 2.13. The van der Waals surface area contributed by atoms with Crippen LogP contribution in [0.2, 0.25) is 0 Å². The van der Waals surface area contributed by atoms with E-state index in [2.05, 4.69) is 10.3 Å². The molecule has 4 heteroatoms. The van der Waals surface area contributed by atoms with Gasteiger partial charge in [0.25, 0.3) is 0 Å². The number of nitrogens with one attached hydrogen (secondary N) is 1. The van der Waals surface area contributed by atoms with Crippen molar-refractivity contribution < 1.29 is 9.53 Å². The first-order valence-electron chi connectivity index (χ1n) is 4.44. The summed E-state index contributed by atoms with van der Waals surface area (Å²) in [5.41, 5.74) is 0.704. The molecule has 14 heavy (non-hydrogen) atoms. The summed E-state index contributed by atoms with van der Waals surface area (Å²) in [6, 6.07) is 3.41. The third kappa shape index (κ3) is 2.73. The van der Waals surface area contributed by atoms with Crippen LogP contribution in [-0.2, 0) is 4.79 Å². The minimum absolute atomic E-state index is 0.0155. The third-order valence-corrected chi connectivity index (χ3v) is 1.74. The number of aromatic nitrogens is 1. The maximum Gasteiger partial charge on any atom is 0.226 e. The van der Waals surface area contributed by atoms with Gasteiger partial charge in [-0.2, -0.15) is 0 Å². The van der Waals surface area contributed by atoms with Crippen LogP contribution in [0.4, 0.5) is 5.69 Å². The van der Waals surface area contributed by atoms with Crippen LogP contribution in [0.3, 0.4) is 0 Å². The molecule has 0 radical (unpaired) electrons. The fourth-order valence-electron chi connectivity index (χ4n) is 0.885. The van der Waals surface area contributed by atoms with E-state index in [1.54, 1.807) is 18.3 Å². The minimum Gasteiger partial charge on any atom is -0.481 e. The molecule has 0 saturated heterocycles. The van der Waals surface area contributed by atoms with Crippen molar-refractivity contribution in [3.8, 4) is 5.88 Å². The van der Waals surface area contributed by atoms with Gasteiger partial charge in [-0.25, -0.2) is 4.98 Å². The molecule has 0 fully saturated rings. The first-order chi connectivity index (χ1) is 6.63. The average Bonchev–Trinajstić information content (AvgIpc) is 2.18. The number of anilines is 1. The quantitative estimate of drug-likeness (QED) is 0.796. The van der Waals surface area contributed by atoms with Gasteiger partial charge in [-0.15, -0.1) is 0 Å². The number of carbonyl (C=O) groups excluding carboxylic acids is 1. The number of pyridine rings is 1. The number of hydrogen-bond acceptors (Lipinski definition) is 3. The van der Waals surface area contributed by atoms with Gasteiger partial charge in [-0.3, -0.25) is 4.79 Å². The monoisotopic (exact) mass is 194 g/mol. The Labute approximate surface area is 83.3 Å². The molecule has 0 spiro atoms. The molecule has 1 heterocycles. The van der Waals surface area contributed by atoms with Gasteiger partial charge in [0, 0.05) is 23.9 Å². The average molecular weight is 194 g/mol. The molecule has 0 aliphatic heterocycles. The topological polar surface area (TPSA) is 51.2 Å². The van der Waals surface area contributed by atoms with E-state index in [9.17, 15) is 4.79 Å². The van der Waals surface area contributed by atoms with Gasteiger partial charge in [0.05, 0.1) is 7.11 Å². The Morgan fingerprint density at radius 3 is 2.86 bits per heavy atom. The number of ether oxygens (including phenoxy) is 1. The lowest BCUT2D eigenvalue weighted by Crippen LogP contribution is -2.17. The molecule has 1 aromatic heterocycles. The van der Waals surface area contributed by atoms with E-state index in [4.69, 9.17) is 4.74 Å². The van der Waals surface area contributed by atoms with E-state index < -0.39 is 0 Å². The van der Waals surface area contributed by atoms with Crippen LogP contribution in [0.1, 0.15) is 13.8 Å². The maximum atomic E-state index is 11.3. The van der Waals surface area contributed by atoms with E-state index in [0.29, 0.717) is 11.6 Å². The second-order valence-electron chi connectivity index (χ2n) is 3.23. The highest BCUT2D eigenvalue weighted by Gasteiger charge is 2.07. The van der Waals surface area contributed by atoms with Crippen LogP contribution in [0.25, 0.3) is 0 Å². The second kappa shape index (κ2) is 4.60. The number of rotatable bonds is 3. The maximum absolute atomic E-state index is 11.3. The number of hydrogen-bond donors (Lipinski definition) is 1. The van der Waals surface area contributed by atoms with E-state index in [0.717, 1.165) is 0 Å². The van der Waals surface area contributed by atoms with Crippen LogP contribution in [0.5, 0.6) is 5.88 Å². The summed E-state index contributed by atoms with van der Waals surface area (Å²) in [6.45, 7) is 3.68. The number of amides is 1. The molecule has 1 aromatic rings. The van der Waals surface area contributed by atoms with Crippen LogP contribution in [0, 0.1) is 5.92 Å². The lowest BCUT2D eigenvalue weighted by Gasteiger charge is -2.07. The van der Waals surface area contributed by atoms with E-state index in [1.807, 2.05) is 13.8 Å². The molecule has 0 aliphatic rings. The summed E-state index contributed by atoms with van der Waals surface area (Å²) >= 11 is 0. The lowest BCUT2D eigenvalue weighted by molar-refractivity contribution is -0.118. The Balaban J connectivity index is 2.72. The zero-order valence-electron chi connectivity index (χ0n) is 8.57. The van der Waals surface area contributed by atoms with Crippen molar-refractivity contribution in [3.63, 3.8) is 0 Å². The highest BCUT2D eigenvalue weighted by atomic mass is 16.5. The molecule has 0 atom stereocenters. The van der Waals surface area contributed by atoms with Crippen LogP contribution >= 0.6 is 0 Å². The SMILES string of the molecule is COc1cc(NC(=O)C(C)C)ccn1. The van der Waals surface area contributed by atoms with Crippen molar-refractivity contribution in [2.45, 2.75) is 13.8 Å². The van der Waals surface area contributed by atoms with Crippen molar-refractivity contribution in [1.29, 1.82) is 0 Å². The van der Waals surface area contributed by atoms with Gasteiger partial charge in [0.1, 0.15) is 0 Å². The van der Waals surface area contributed by atoms with Crippen LogP contribution in [0.15, 0.2) is 18.3 Å². The standard InChI is InChI=1S/C10H14N2O2/c1-7(2)10(13)12-8-4-5-11-9(6-8)14-3/h4-7H,1-3H3,(H,11,12,13). The van der Waals surface area contributed by atoms with Gasteiger partial charge in [-0.05, 0) is 6.07 Å². The molecular formula is C10H14N2O2. The second-order valence-corrected chi connectivity index (χ2v) is 3.23. The molecular weight excluding hydrogens is 180 g/mol. The Hall–Kier alpha value is -1.58. The highest BCUT2D eigenvalue weighted by molar-refractivity contribution is 5.92. The zero-order valence-corrected chi connectivity index (χ0v) is 8.57. The third-order valence-electron chi connectivity index (χ3n) is 1.74. The van der Waals surface area contributed by atoms with Gasteiger partial charge < -0.3 is 10.1 Å². The molecule has 0 unspecified atom stereocenters. The van der Waals surface area contributed by atoms with Gasteiger partial charge in [0.2, 0.25) is 11.8 Å². The summed E-state index contributed by atoms with van der Waals surface area (Å²) in [5.74, 6) is 0.443. The molecule has 1 N–H and O–H groups in total. The fraction of sp³-hybridized carbons (Fsp3) is 0.400. The molecule has 1 amide bonds. The summed E-state index contributed by atoms with van der Waals surface area (Å²) in [5, 5.41) is 2.76. The van der Waals surface area contributed by atoms with E-state index >= 15 is 0 Å². The number of nitrogens with zero attached hydrogens (tertiary/aromatic N) is 1. The molecule has 4 nitrogen and oxygen atoms in total. The van der Waals surface area contributed by atoms with E-state index in [1.165, 1.54) is 7.11 Å². The first-order valence-corrected chi connectivity index (χ1v) is 4.44. The Bertz CT molecular complexity index is 324. The molecule has 76 valence electrons. The number of carbonyl (C=O) groups is 1. The Morgan fingerprint density at radius 2 is 2.29 bits per heavy atom. The lowest BCUT2D eigenvalue weighted by atomic mass is 10.2. The van der Waals surface area contributed by atoms with Crippen molar-refractivity contribution in [2.24, 2.45) is 5.92 Å². The van der Waals surface area contributed by atoms with Gasteiger partial charge in [-0.1, -0.05) is 13.8 Å². The first kappa shape index (κ1) is 10.5. The smallest absolute Gasteiger partial charge is 0.226 e. The minimum atomic E-state index is -0.0332. The fourth-order valence-corrected chi connectivity index (χ4v) is 0.885. The van der Waals surface area contributed by atoms with Crippen LogP contribution in [-0.4, -0.2) is 18.0 Å². The Kier molecular flexibility index (Phi) is 3.45. The summed E-state index contributed by atoms with van der Waals surface area (Å²) in [6.07, 6.45) is 1.59. The summed E-state index contributed by atoms with van der Waals surface area (Å²) in [7, 11) is 1.54. The van der Waals surface area contributed by atoms with E-state index in [-0.39, 0.29) is 11.8 Å². The Morgan fingerprint density at radius 1 is 1.57 bits per heavy atom. The predicted octanol–water partition coefficient (Wildman–Crippen LogP) is 1.68. The number of methoxy groups -OCH3 is 1. The predicted molar refractivity (Wildman–Crippen MR) is 54.3 cm³/mol. The molecule has 0 saturated carbocycles. The molecule has 0 aliphatic carbocycles. The van der Waals surface area contributed by atoms with Crippen molar-refractivity contribution in [3.05, 3.63) is 18.3 Å². The normalized spacial score (nSPS) is 10.0. The largest absolute Gasteiger partial charge is 0.481 e. The molecule has 1 rings (SSSR count). The van der Waals surface area contributed by atoms with Crippen molar-refractivity contribution in [2.75, 3.05) is 12.4 Å². The van der Waals surface area contributed by atoms with Crippen molar-refractivity contribution in [1.82, 2.24) is 4.98 Å². The molecule has 0 aromatic carbocycles.